The number of carbonyl (C=O) groups is 2. The van der Waals surface area contributed by atoms with Crippen molar-refractivity contribution >= 4 is 11.6 Å². The van der Waals surface area contributed by atoms with Gasteiger partial charge in [0.15, 0.2) is 5.78 Å². The van der Waals surface area contributed by atoms with Gasteiger partial charge in [0, 0.05) is 20.1 Å². The maximum Gasteiger partial charge on any atom is 0.220 e. The van der Waals surface area contributed by atoms with Crippen molar-refractivity contribution in [3.8, 4) is 0 Å². The summed E-state index contributed by atoms with van der Waals surface area (Å²) in [6, 6.07) is 0. The lowest BCUT2D eigenvalue weighted by atomic mass is 10.0. The van der Waals surface area contributed by atoms with E-state index in [1.807, 2.05) is 6.08 Å². The van der Waals surface area contributed by atoms with E-state index in [2.05, 4.69) is 25.2 Å². The Morgan fingerprint density at radius 2 is 1.95 bits per heavy atom. The van der Waals surface area contributed by atoms with Crippen LogP contribution < -0.4 is 5.32 Å². The fourth-order valence-electron chi connectivity index (χ4n) is 2.15. The second-order valence-electron chi connectivity index (χ2n) is 5.50. The standard InChI is InChI=1S/C18H31NO3/c1-4-7-17(8-6-13-20)11-12-19-14-16(5-2)9-10-18(22)15(3)21/h7,9-10,16,19-20H,4-6,8,11-14H2,1-3H3/b10-9-,17-7?. The third kappa shape index (κ3) is 10.5. The number of nitrogens with one attached hydrogen (secondary N) is 1. The first-order valence-corrected chi connectivity index (χ1v) is 8.27. The van der Waals surface area contributed by atoms with Gasteiger partial charge < -0.3 is 10.4 Å². The van der Waals surface area contributed by atoms with E-state index < -0.39 is 11.6 Å². The predicted octanol–water partition coefficient (Wildman–Crippen LogP) is 2.82. The molecule has 0 spiro atoms. The highest BCUT2D eigenvalue weighted by Crippen LogP contribution is 2.10. The van der Waals surface area contributed by atoms with Crippen LogP contribution in [0.4, 0.5) is 0 Å². The van der Waals surface area contributed by atoms with E-state index in [0.717, 1.165) is 45.2 Å². The summed E-state index contributed by atoms with van der Waals surface area (Å²) < 4.78 is 0. The lowest BCUT2D eigenvalue weighted by molar-refractivity contribution is -0.132. The van der Waals surface area contributed by atoms with Crippen LogP contribution in [0.5, 0.6) is 0 Å². The van der Waals surface area contributed by atoms with Crippen molar-refractivity contribution in [2.45, 2.75) is 52.9 Å². The molecule has 1 unspecified atom stereocenters. The summed E-state index contributed by atoms with van der Waals surface area (Å²) in [7, 11) is 0. The molecule has 4 nitrogen and oxygen atoms in total. The van der Waals surface area contributed by atoms with Gasteiger partial charge in [0.05, 0.1) is 0 Å². The van der Waals surface area contributed by atoms with Crippen molar-refractivity contribution in [1.82, 2.24) is 5.32 Å². The van der Waals surface area contributed by atoms with Gasteiger partial charge in [0.25, 0.3) is 0 Å². The van der Waals surface area contributed by atoms with Crippen molar-refractivity contribution in [3.63, 3.8) is 0 Å². The Balaban J connectivity index is 4.11. The Morgan fingerprint density at radius 1 is 1.23 bits per heavy atom. The predicted molar refractivity (Wildman–Crippen MR) is 90.8 cm³/mol. The van der Waals surface area contributed by atoms with Gasteiger partial charge in [-0.05, 0) is 50.6 Å². The van der Waals surface area contributed by atoms with Gasteiger partial charge in [0.2, 0.25) is 5.78 Å². The van der Waals surface area contributed by atoms with E-state index in [9.17, 15) is 9.59 Å². The number of allylic oxidation sites excluding steroid dienone is 2. The molecule has 0 aliphatic heterocycles. The van der Waals surface area contributed by atoms with E-state index in [0.29, 0.717) is 0 Å². The van der Waals surface area contributed by atoms with Crippen LogP contribution in [-0.2, 0) is 9.59 Å². The topological polar surface area (TPSA) is 66.4 Å². The lowest BCUT2D eigenvalue weighted by Gasteiger charge is -2.12. The third-order valence-corrected chi connectivity index (χ3v) is 3.57. The number of Topliss-reactive ketones (excluding diaryl/α,β-unsaturated/α-hetero) is 1. The molecule has 0 radical (unpaired) electrons. The molecule has 0 aliphatic carbocycles. The Bertz CT molecular complexity index is 386. The minimum Gasteiger partial charge on any atom is -0.396 e. The largest absolute Gasteiger partial charge is 0.396 e. The maximum atomic E-state index is 11.3. The fraction of sp³-hybridized carbons (Fsp3) is 0.667. The lowest BCUT2D eigenvalue weighted by Crippen LogP contribution is -2.23. The number of aliphatic hydroxyl groups is 1. The van der Waals surface area contributed by atoms with Crippen LogP contribution in [0.25, 0.3) is 0 Å². The van der Waals surface area contributed by atoms with Crippen LogP contribution in [0.2, 0.25) is 0 Å². The maximum absolute atomic E-state index is 11.3. The normalized spacial score (nSPS) is 13.5. The van der Waals surface area contributed by atoms with Gasteiger partial charge in [-0.3, -0.25) is 9.59 Å². The molecular weight excluding hydrogens is 278 g/mol. The van der Waals surface area contributed by atoms with Crippen molar-refractivity contribution in [2.75, 3.05) is 19.7 Å². The molecule has 0 saturated heterocycles. The summed E-state index contributed by atoms with van der Waals surface area (Å²) in [6.07, 6.45) is 10.2. The van der Waals surface area contributed by atoms with E-state index in [4.69, 9.17) is 5.11 Å². The average molecular weight is 309 g/mol. The van der Waals surface area contributed by atoms with E-state index in [1.165, 1.54) is 18.6 Å². The first-order chi connectivity index (χ1) is 10.5. The van der Waals surface area contributed by atoms with Crippen LogP contribution in [0.3, 0.4) is 0 Å². The molecule has 0 aromatic carbocycles. The number of rotatable bonds is 13. The number of hydrogen-bond donors (Lipinski definition) is 2. The summed E-state index contributed by atoms with van der Waals surface area (Å²) >= 11 is 0. The summed E-state index contributed by atoms with van der Waals surface area (Å²) in [6.45, 7) is 7.41. The van der Waals surface area contributed by atoms with Gasteiger partial charge >= 0.3 is 0 Å². The molecule has 0 bridgehead atoms. The minimum absolute atomic E-state index is 0.237. The molecule has 0 amide bonds. The van der Waals surface area contributed by atoms with E-state index in [1.54, 1.807) is 0 Å². The zero-order valence-corrected chi connectivity index (χ0v) is 14.2. The summed E-state index contributed by atoms with van der Waals surface area (Å²) in [5, 5.41) is 12.3. The molecular formula is C18H31NO3. The molecule has 0 aliphatic rings. The van der Waals surface area contributed by atoms with Crippen molar-refractivity contribution < 1.29 is 14.7 Å². The molecule has 0 fully saturated rings. The monoisotopic (exact) mass is 309 g/mol. The highest BCUT2D eigenvalue weighted by Gasteiger charge is 2.06. The van der Waals surface area contributed by atoms with E-state index >= 15 is 0 Å². The summed E-state index contributed by atoms with van der Waals surface area (Å²) in [5.74, 6) is -0.591. The quantitative estimate of drug-likeness (QED) is 0.238. The summed E-state index contributed by atoms with van der Waals surface area (Å²) in [5.41, 5.74) is 1.39. The zero-order valence-electron chi connectivity index (χ0n) is 14.2. The van der Waals surface area contributed by atoms with Crippen molar-refractivity contribution in [1.29, 1.82) is 0 Å². The molecule has 2 N–H and O–H groups in total. The Kier molecular flexibility index (Phi) is 12.6. The first-order valence-electron chi connectivity index (χ1n) is 8.27. The Morgan fingerprint density at radius 3 is 2.50 bits per heavy atom. The fourth-order valence-corrected chi connectivity index (χ4v) is 2.15. The van der Waals surface area contributed by atoms with Crippen LogP contribution in [-0.4, -0.2) is 36.4 Å². The van der Waals surface area contributed by atoms with E-state index in [-0.39, 0.29) is 12.5 Å². The highest BCUT2D eigenvalue weighted by molar-refractivity contribution is 6.40. The van der Waals surface area contributed by atoms with Crippen LogP contribution in [0.1, 0.15) is 52.9 Å². The SMILES string of the molecule is CCC=C(CCCO)CCNCC(/C=C\C(=O)C(C)=O)CC. The number of ketones is 2. The summed E-state index contributed by atoms with van der Waals surface area (Å²) in [4.78, 5) is 22.2. The molecule has 126 valence electrons. The molecule has 0 aromatic heterocycles. The van der Waals surface area contributed by atoms with Crippen molar-refractivity contribution in [3.05, 3.63) is 23.8 Å². The Hall–Kier alpha value is -1.26. The number of hydrogen-bond acceptors (Lipinski definition) is 4. The van der Waals surface area contributed by atoms with Gasteiger partial charge in [-0.15, -0.1) is 0 Å². The first kappa shape index (κ1) is 20.7. The van der Waals surface area contributed by atoms with Gasteiger partial charge in [-0.25, -0.2) is 0 Å². The van der Waals surface area contributed by atoms with Crippen LogP contribution >= 0.6 is 0 Å². The third-order valence-electron chi connectivity index (χ3n) is 3.57. The molecule has 0 rings (SSSR count). The van der Waals surface area contributed by atoms with Crippen LogP contribution in [0, 0.1) is 5.92 Å². The van der Waals surface area contributed by atoms with Crippen LogP contribution in [0.15, 0.2) is 23.8 Å². The second kappa shape index (κ2) is 13.4. The smallest absolute Gasteiger partial charge is 0.220 e. The number of aliphatic hydroxyl groups excluding tert-OH is 1. The molecule has 0 saturated carbocycles. The molecule has 0 aromatic rings. The molecule has 0 heterocycles. The minimum atomic E-state index is -0.435. The van der Waals surface area contributed by atoms with Gasteiger partial charge in [-0.2, -0.15) is 0 Å². The highest BCUT2D eigenvalue weighted by atomic mass is 16.3. The second-order valence-corrected chi connectivity index (χ2v) is 5.50. The zero-order chi connectivity index (χ0) is 16.8. The van der Waals surface area contributed by atoms with Gasteiger partial charge in [-0.1, -0.05) is 31.6 Å². The number of carbonyl (C=O) groups excluding carboxylic acids is 2. The molecule has 22 heavy (non-hydrogen) atoms. The van der Waals surface area contributed by atoms with Gasteiger partial charge in [0.1, 0.15) is 0 Å². The molecule has 1 atom stereocenters. The van der Waals surface area contributed by atoms with Crippen molar-refractivity contribution in [2.24, 2.45) is 5.92 Å². The molecule has 4 heteroatoms. The average Bonchev–Trinajstić information content (AvgIpc) is 2.51. The Labute approximate surface area is 134 Å².